The van der Waals surface area contributed by atoms with Gasteiger partial charge in [0.2, 0.25) is 0 Å². The number of nitrogens with one attached hydrogen (secondary N) is 1. The Bertz CT molecular complexity index is 544. The predicted molar refractivity (Wildman–Crippen MR) is 68.7 cm³/mol. The first kappa shape index (κ1) is 11.1. The van der Waals surface area contributed by atoms with Gasteiger partial charge in [0.1, 0.15) is 0 Å². The molecular formula is C13H15ClN2O. The number of nitrogens with zero attached hydrogens (tertiary/aromatic N) is 1. The number of aromatic nitrogens is 1. The van der Waals surface area contributed by atoms with Crippen LogP contribution >= 0.6 is 11.6 Å². The third-order valence-electron chi connectivity index (χ3n) is 3.31. The molecule has 1 atom stereocenters. The zero-order valence-corrected chi connectivity index (χ0v) is 10.5. The first-order chi connectivity index (χ1) is 8.29. The largest absolute Gasteiger partial charge is 0.378 e. The fourth-order valence-electron chi connectivity index (χ4n) is 2.49. The van der Waals surface area contributed by atoms with Crippen LogP contribution < -0.4 is 5.32 Å². The van der Waals surface area contributed by atoms with E-state index < -0.39 is 0 Å². The second kappa shape index (κ2) is 4.33. The van der Waals surface area contributed by atoms with E-state index in [-0.39, 0.29) is 6.04 Å². The Kier molecular flexibility index (Phi) is 2.82. The number of pyridine rings is 1. The highest BCUT2D eigenvalue weighted by Crippen LogP contribution is 2.31. The van der Waals surface area contributed by atoms with Crippen LogP contribution in [-0.2, 0) is 4.74 Å². The Morgan fingerprint density at radius 2 is 2.35 bits per heavy atom. The monoisotopic (exact) mass is 250 g/mol. The van der Waals surface area contributed by atoms with E-state index in [4.69, 9.17) is 16.3 Å². The van der Waals surface area contributed by atoms with E-state index in [1.54, 1.807) is 0 Å². The zero-order valence-electron chi connectivity index (χ0n) is 9.74. The molecule has 2 aromatic rings. The molecule has 0 aliphatic carbocycles. The molecule has 1 aliphatic rings. The maximum absolute atomic E-state index is 6.38. The van der Waals surface area contributed by atoms with Crippen LogP contribution in [0, 0.1) is 6.92 Å². The lowest BCUT2D eigenvalue weighted by atomic mass is 10.1. The molecule has 17 heavy (non-hydrogen) atoms. The second-order valence-corrected chi connectivity index (χ2v) is 4.74. The fourth-order valence-corrected chi connectivity index (χ4v) is 2.74. The summed E-state index contributed by atoms with van der Waals surface area (Å²) in [7, 11) is 0. The molecule has 0 amide bonds. The van der Waals surface area contributed by atoms with Crippen LogP contribution in [0.15, 0.2) is 24.4 Å². The van der Waals surface area contributed by atoms with Gasteiger partial charge in [0, 0.05) is 18.4 Å². The van der Waals surface area contributed by atoms with Crippen LogP contribution in [0.2, 0.25) is 5.02 Å². The first-order valence-electron chi connectivity index (χ1n) is 5.85. The Morgan fingerprint density at radius 1 is 1.47 bits per heavy atom. The highest BCUT2D eigenvalue weighted by atomic mass is 35.5. The summed E-state index contributed by atoms with van der Waals surface area (Å²) in [6.07, 6.45) is 2.06. The first-order valence-corrected chi connectivity index (χ1v) is 6.23. The van der Waals surface area contributed by atoms with Gasteiger partial charge in [-0.1, -0.05) is 17.7 Å². The van der Waals surface area contributed by atoms with Crippen molar-refractivity contribution >= 4 is 17.1 Å². The predicted octanol–water partition coefficient (Wildman–Crippen LogP) is 2.56. The number of halogens is 1. The summed E-state index contributed by atoms with van der Waals surface area (Å²) in [4.78, 5) is 0. The molecule has 1 fully saturated rings. The van der Waals surface area contributed by atoms with Gasteiger partial charge < -0.3 is 14.5 Å². The van der Waals surface area contributed by atoms with Gasteiger partial charge >= 0.3 is 0 Å². The lowest BCUT2D eigenvalue weighted by molar-refractivity contribution is 0.0752. The molecule has 90 valence electrons. The summed E-state index contributed by atoms with van der Waals surface area (Å²) in [5.74, 6) is 0. The van der Waals surface area contributed by atoms with E-state index in [9.17, 15) is 0 Å². The minimum Gasteiger partial charge on any atom is -0.378 e. The average molecular weight is 251 g/mol. The molecule has 1 unspecified atom stereocenters. The number of hydrogen-bond donors (Lipinski definition) is 1. The van der Waals surface area contributed by atoms with Gasteiger partial charge in [0.15, 0.2) is 0 Å². The molecule has 3 heterocycles. The van der Waals surface area contributed by atoms with Crippen LogP contribution in [0.25, 0.3) is 5.52 Å². The third-order valence-corrected chi connectivity index (χ3v) is 3.79. The Labute approximate surface area is 105 Å². The second-order valence-electron chi connectivity index (χ2n) is 4.36. The highest BCUT2D eigenvalue weighted by molar-refractivity contribution is 6.34. The van der Waals surface area contributed by atoms with Crippen molar-refractivity contribution in [3.63, 3.8) is 0 Å². The highest BCUT2D eigenvalue weighted by Gasteiger charge is 2.23. The summed E-state index contributed by atoms with van der Waals surface area (Å²) in [6.45, 7) is 4.45. The molecule has 0 bridgehead atoms. The van der Waals surface area contributed by atoms with Gasteiger partial charge in [-0.15, -0.1) is 0 Å². The van der Waals surface area contributed by atoms with Crippen molar-refractivity contribution in [3.05, 3.63) is 40.7 Å². The van der Waals surface area contributed by atoms with E-state index in [1.165, 1.54) is 5.69 Å². The molecule has 3 nitrogen and oxygen atoms in total. The standard InChI is InChI=1S/C13H15ClN2O/c1-9-12(14)11-4-2-3-6-16(11)13(9)10-8-17-7-5-15-10/h2-4,6,10,15H,5,7-8H2,1H3. The van der Waals surface area contributed by atoms with Crippen molar-refractivity contribution in [3.8, 4) is 0 Å². The molecule has 0 radical (unpaired) electrons. The van der Waals surface area contributed by atoms with Gasteiger partial charge in [0.25, 0.3) is 0 Å². The maximum atomic E-state index is 6.38. The van der Waals surface area contributed by atoms with E-state index in [2.05, 4.69) is 22.8 Å². The van der Waals surface area contributed by atoms with Gasteiger partial charge in [-0.2, -0.15) is 0 Å². The Hall–Kier alpha value is -1.03. The summed E-state index contributed by atoms with van der Waals surface area (Å²) in [5.41, 5.74) is 3.42. The topological polar surface area (TPSA) is 25.7 Å². The third kappa shape index (κ3) is 1.75. The van der Waals surface area contributed by atoms with Crippen LogP contribution in [0.4, 0.5) is 0 Å². The maximum Gasteiger partial charge on any atom is 0.0720 e. The molecule has 1 aliphatic heterocycles. The lowest BCUT2D eigenvalue weighted by Crippen LogP contribution is -2.35. The minimum atomic E-state index is 0.228. The normalized spacial score (nSPS) is 20.9. The summed E-state index contributed by atoms with van der Waals surface area (Å²) < 4.78 is 7.69. The summed E-state index contributed by atoms with van der Waals surface area (Å²) in [5, 5.41) is 4.32. The van der Waals surface area contributed by atoms with Gasteiger partial charge in [-0.05, 0) is 24.6 Å². The summed E-state index contributed by atoms with van der Waals surface area (Å²) in [6, 6.07) is 6.31. The number of morpholine rings is 1. The zero-order chi connectivity index (χ0) is 11.8. The Balaban J connectivity index is 2.17. The van der Waals surface area contributed by atoms with E-state index >= 15 is 0 Å². The van der Waals surface area contributed by atoms with Crippen molar-refractivity contribution < 1.29 is 4.74 Å². The van der Waals surface area contributed by atoms with Crippen molar-refractivity contribution in [1.82, 2.24) is 9.72 Å². The fraction of sp³-hybridized carbons (Fsp3) is 0.385. The SMILES string of the molecule is Cc1c(Cl)c2ccccn2c1C1COCCN1. The van der Waals surface area contributed by atoms with Crippen molar-refractivity contribution in [2.45, 2.75) is 13.0 Å². The van der Waals surface area contributed by atoms with Crippen molar-refractivity contribution in [1.29, 1.82) is 0 Å². The average Bonchev–Trinajstić information content (AvgIpc) is 2.64. The lowest BCUT2D eigenvalue weighted by Gasteiger charge is -2.24. The van der Waals surface area contributed by atoms with Crippen molar-refractivity contribution in [2.75, 3.05) is 19.8 Å². The molecular weight excluding hydrogens is 236 g/mol. The molecule has 0 saturated carbocycles. The van der Waals surface area contributed by atoms with E-state index in [1.807, 2.05) is 18.2 Å². The van der Waals surface area contributed by atoms with Crippen LogP contribution in [0.1, 0.15) is 17.3 Å². The number of rotatable bonds is 1. The number of ether oxygens (including phenoxy) is 1. The van der Waals surface area contributed by atoms with Crippen LogP contribution in [-0.4, -0.2) is 24.2 Å². The smallest absolute Gasteiger partial charge is 0.0720 e. The number of hydrogen-bond acceptors (Lipinski definition) is 2. The molecule has 4 heteroatoms. The minimum absolute atomic E-state index is 0.228. The van der Waals surface area contributed by atoms with Crippen LogP contribution in [0.3, 0.4) is 0 Å². The van der Waals surface area contributed by atoms with Crippen LogP contribution in [0.5, 0.6) is 0 Å². The molecule has 2 aromatic heterocycles. The van der Waals surface area contributed by atoms with Crippen molar-refractivity contribution in [2.24, 2.45) is 0 Å². The Morgan fingerprint density at radius 3 is 3.12 bits per heavy atom. The van der Waals surface area contributed by atoms with Gasteiger partial charge in [0.05, 0.1) is 29.8 Å². The molecule has 0 aromatic carbocycles. The quantitative estimate of drug-likeness (QED) is 0.842. The van der Waals surface area contributed by atoms with Gasteiger partial charge in [-0.25, -0.2) is 0 Å². The molecule has 1 N–H and O–H groups in total. The van der Waals surface area contributed by atoms with Gasteiger partial charge in [-0.3, -0.25) is 0 Å². The summed E-state index contributed by atoms with van der Waals surface area (Å²) >= 11 is 6.38. The van der Waals surface area contributed by atoms with E-state index in [0.717, 1.165) is 29.3 Å². The molecule has 1 saturated heterocycles. The number of fused-ring (bicyclic) bond motifs is 1. The molecule has 0 spiro atoms. The molecule has 3 rings (SSSR count). The van der Waals surface area contributed by atoms with E-state index in [0.29, 0.717) is 6.61 Å².